The normalized spacial score (nSPS) is 12.2. The van der Waals surface area contributed by atoms with E-state index in [4.69, 9.17) is 13.9 Å². The maximum atomic E-state index is 5.71. The molecule has 0 aromatic rings. The molecule has 4 heteroatoms. The number of rotatable bonds is 10. The Morgan fingerprint density at radius 1 is 0.933 bits per heavy atom. The van der Waals surface area contributed by atoms with Crippen LogP contribution in [-0.4, -0.2) is 29.7 Å². The van der Waals surface area contributed by atoms with Crippen molar-refractivity contribution in [3.8, 4) is 0 Å². The van der Waals surface area contributed by atoms with Crippen molar-refractivity contribution >= 4 is 10.5 Å². The quantitative estimate of drug-likeness (QED) is 0.329. The average Bonchev–Trinajstić information content (AvgIpc) is 2.28. The van der Waals surface area contributed by atoms with Gasteiger partial charge in [0.2, 0.25) is 0 Å². The van der Waals surface area contributed by atoms with E-state index in [9.17, 15) is 0 Å². The Bertz CT molecular complexity index is 126. The lowest BCUT2D eigenvalue weighted by molar-refractivity contribution is -0.345. The third-order valence-electron chi connectivity index (χ3n) is 2.38. The first-order chi connectivity index (χ1) is 7.24. The van der Waals surface area contributed by atoms with Gasteiger partial charge in [0.1, 0.15) is 0 Å². The molecule has 0 bridgehead atoms. The molecule has 0 spiro atoms. The summed E-state index contributed by atoms with van der Waals surface area (Å²) in [5.74, 6) is -0.753. The van der Waals surface area contributed by atoms with Crippen LogP contribution in [0.1, 0.15) is 52.9 Å². The lowest BCUT2D eigenvalue weighted by Gasteiger charge is -2.31. The second-order valence-electron chi connectivity index (χ2n) is 3.64. The highest BCUT2D eigenvalue weighted by atomic mass is 28.2. The maximum Gasteiger partial charge on any atom is 0.272 e. The molecule has 0 atom stereocenters. The minimum absolute atomic E-state index is 0.642. The van der Waals surface area contributed by atoms with Crippen LogP contribution < -0.4 is 0 Å². The third-order valence-corrected chi connectivity index (χ3v) is 3.01. The fourth-order valence-electron chi connectivity index (χ4n) is 1.25. The fourth-order valence-corrected chi connectivity index (χ4v) is 1.78. The first kappa shape index (κ1) is 15.1. The van der Waals surface area contributed by atoms with E-state index in [0.717, 1.165) is 45.3 Å². The Labute approximate surface area is 97.0 Å². The molecule has 0 N–H and O–H groups in total. The molecule has 0 aromatic carbocycles. The third kappa shape index (κ3) is 6.30. The predicted molar refractivity (Wildman–Crippen MR) is 65.8 cm³/mol. The van der Waals surface area contributed by atoms with Crippen molar-refractivity contribution in [2.75, 3.05) is 13.2 Å². The Morgan fingerprint density at radius 2 is 1.40 bits per heavy atom. The highest BCUT2D eigenvalue weighted by Gasteiger charge is 2.28. The fraction of sp³-hybridized carbons (Fsp3) is 1.00. The van der Waals surface area contributed by atoms with Crippen molar-refractivity contribution < 1.29 is 13.9 Å². The zero-order chi connectivity index (χ0) is 11.6. The summed E-state index contributed by atoms with van der Waals surface area (Å²) in [6.45, 7) is 7.78. The van der Waals surface area contributed by atoms with Crippen LogP contribution in [-0.2, 0) is 13.9 Å². The Balaban J connectivity index is 3.93. The van der Waals surface area contributed by atoms with Gasteiger partial charge < -0.3 is 13.9 Å². The van der Waals surface area contributed by atoms with Crippen LogP contribution in [0, 0.1) is 0 Å². The molecule has 3 nitrogen and oxygen atoms in total. The molecule has 0 aromatic heterocycles. The summed E-state index contributed by atoms with van der Waals surface area (Å²) >= 11 is 0. The average molecular weight is 234 g/mol. The van der Waals surface area contributed by atoms with Crippen LogP contribution >= 0.6 is 0 Å². The first-order valence-electron chi connectivity index (χ1n) is 6.07. The van der Waals surface area contributed by atoms with Gasteiger partial charge in [-0.1, -0.05) is 33.6 Å². The maximum absolute atomic E-state index is 5.71. The van der Waals surface area contributed by atoms with Gasteiger partial charge in [-0.2, -0.15) is 0 Å². The van der Waals surface area contributed by atoms with Crippen molar-refractivity contribution in [3.05, 3.63) is 0 Å². The molecule has 0 aliphatic rings. The summed E-state index contributed by atoms with van der Waals surface area (Å²) in [5, 5.41) is 0. The van der Waals surface area contributed by atoms with Gasteiger partial charge >= 0.3 is 0 Å². The molecular weight excluding hydrogens is 208 g/mol. The molecule has 0 saturated carbocycles. The highest BCUT2D eigenvalue weighted by Crippen LogP contribution is 2.19. The molecule has 0 aliphatic heterocycles. The lowest BCUT2D eigenvalue weighted by atomic mass is 10.3. The standard InChI is InChI=1S/C11H26O3Si/c1-4-7-9-12-11(6-3,14-15)13-10-8-5-2/h4-10H2,1-3,15H3. The van der Waals surface area contributed by atoms with Crippen LogP contribution in [0.15, 0.2) is 0 Å². The summed E-state index contributed by atoms with van der Waals surface area (Å²) in [6.07, 6.45) is 5.14. The van der Waals surface area contributed by atoms with Crippen molar-refractivity contribution in [2.24, 2.45) is 0 Å². The molecular formula is C11H26O3Si. The van der Waals surface area contributed by atoms with E-state index in [1.165, 1.54) is 0 Å². The Kier molecular flexibility index (Phi) is 9.39. The zero-order valence-electron chi connectivity index (χ0n) is 10.7. The van der Waals surface area contributed by atoms with Gasteiger partial charge in [-0.05, 0) is 12.8 Å². The summed E-state index contributed by atoms with van der Waals surface area (Å²) in [4.78, 5) is 0. The summed E-state index contributed by atoms with van der Waals surface area (Å²) in [6, 6.07) is 0. The second kappa shape index (κ2) is 9.33. The number of unbranched alkanes of at least 4 members (excludes halogenated alkanes) is 2. The van der Waals surface area contributed by atoms with E-state index in [2.05, 4.69) is 13.8 Å². The zero-order valence-corrected chi connectivity index (χ0v) is 12.7. The molecule has 0 saturated heterocycles. The SMILES string of the molecule is CCCCOC(CC)(O[SiH3])OCCCC. The van der Waals surface area contributed by atoms with E-state index in [-0.39, 0.29) is 0 Å². The van der Waals surface area contributed by atoms with Gasteiger partial charge in [-0.3, -0.25) is 0 Å². The van der Waals surface area contributed by atoms with Crippen LogP contribution in [0.3, 0.4) is 0 Å². The van der Waals surface area contributed by atoms with Crippen molar-refractivity contribution in [1.82, 2.24) is 0 Å². The Morgan fingerprint density at radius 3 is 1.67 bits per heavy atom. The van der Waals surface area contributed by atoms with Gasteiger partial charge in [-0.15, -0.1) is 0 Å². The summed E-state index contributed by atoms with van der Waals surface area (Å²) in [7, 11) is 0.642. The van der Waals surface area contributed by atoms with Crippen LogP contribution in [0.4, 0.5) is 0 Å². The van der Waals surface area contributed by atoms with Crippen LogP contribution in [0.25, 0.3) is 0 Å². The molecule has 0 amide bonds. The van der Waals surface area contributed by atoms with E-state index < -0.39 is 5.97 Å². The number of hydrogen-bond donors (Lipinski definition) is 0. The second-order valence-corrected chi connectivity index (χ2v) is 4.05. The number of hydrogen-bond acceptors (Lipinski definition) is 3. The van der Waals surface area contributed by atoms with E-state index in [1.54, 1.807) is 0 Å². The lowest BCUT2D eigenvalue weighted by Crippen LogP contribution is -2.38. The number of ether oxygens (including phenoxy) is 2. The minimum atomic E-state index is -0.753. The van der Waals surface area contributed by atoms with Crippen molar-refractivity contribution in [1.29, 1.82) is 0 Å². The monoisotopic (exact) mass is 234 g/mol. The van der Waals surface area contributed by atoms with Gasteiger partial charge in [0, 0.05) is 6.42 Å². The van der Waals surface area contributed by atoms with Gasteiger partial charge in [-0.25, -0.2) is 0 Å². The first-order valence-corrected chi connectivity index (χ1v) is 6.89. The van der Waals surface area contributed by atoms with Crippen LogP contribution in [0.2, 0.25) is 0 Å². The predicted octanol–water partition coefficient (Wildman–Crippen LogP) is 1.98. The molecule has 92 valence electrons. The van der Waals surface area contributed by atoms with Crippen molar-refractivity contribution in [2.45, 2.75) is 58.8 Å². The molecule has 0 radical (unpaired) electrons. The van der Waals surface area contributed by atoms with E-state index in [1.807, 2.05) is 6.92 Å². The van der Waals surface area contributed by atoms with Gasteiger partial charge in [0.05, 0.1) is 13.2 Å². The molecule has 15 heavy (non-hydrogen) atoms. The van der Waals surface area contributed by atoms with Gasteiger partial charge in [0.15, 0.2) is 10.5 Å². The highest BCUT2D eigenvalue weighted by molar-refractivity contribution is 5.98. The van der Waals surface area contributed by atoms with E-state index >= 15 is 0 Å². The molecule has 0 unspecified atom stereocenters. The largest absolute Gasteiger partial charge is 0.380 e. The molecule has 0 heterocycles. The molecule has 0 aliphatic carbocycles. The minimum Gasteiger partial charge on any atom is -0.380 e. The van der Waals surface area contributed by atoms with Crippen molar-refractivity contribution in [3.63, 3.8) is 0 Å². The van der Waals surface area contributed by atoms with Gasteiger partial charge in [0.25, 0.3) is 5.97 Å². The topological polar surface area (TPSA) is 27.7 Å². The van der Waals surface area contributed by atoms with Crippen LogP contribution in [0.5, 0.6) is 0 Å². The molecule has 0 rings (SSSR count). The molecule has 0 fully saturated rings. The van der Waals surface area contributed by atoms with E-state index in [0.29, 0.717) is 10.5 Å². The summed E-state index contributed by atoms with van der Waals surface area (Å²) < 4.78 is 16.9. The smallest absolute Gasteiger partial charge is 0.272 e. The Hall–Kier alpha value is 0.0969. The summed E-state index contributed by atoms with van der Waals surface area (Å²) in [5.41, 5.74) is 0.